The molecular weight excluding hydrogens is 423 g/mol. The van der Waals surface area contributed by atoms with E-state index in [4.69, 9.17) is 0 Å². The lowest BCUT2D eigenvalue weighted by atomic mass is 10.0. The highest BCUT2D eigenvalue weighted by Crippen LogP contribution is 2.31. The van der Waals surface area contributed by atoms with Gasteiger partial charge in [0.05, 0.1) is 0 Å². The second-order valence-corrected chi connectivity index (χ2v) is 8.84. The van der Waals surface area contributed by atoms with Crippen LogP contribution in [0.25, 0.3) is 10.8 Å². The minimum absolute atomic E-state index is 0.225. The van der Waals surface area contributed by atoms with Crippen molar-refractivity contribution in [3.63, 3.8) is 0 Å². The first-order chi connectivity index (χ1) is 16.0. The van der Waals surface area contributed by atoms with Gasteiger partial charge in [0.15, 0.2) is 11.5 Å². The number of nitrogens with zero attached hydrogens (tertiary/aromatic N) is 4. The maximum Gasteiger partial charge on any atom is 0.271 e. The molecule has 8 nitrogen and oxygen atoms in total. The number of anilines is 1. The molecule has 0 aliphatic carbocycles. The molecule has 2 aliphatic heterocycles. The van der Waals surface area contributed by atoms with Gasteiger partial charge in [0.2, 0.25) is 0 Å². The topological polar surface area (TPSA) is 94.2 Å². The normalized spacial score (nSPS) is 19.8. The number of amides is 1. The highest BCUT2D eigenvalue weighted by Gasteiger charge is 2.32. The standard InChI is InChI=1S/C24H27FN6O2/c1-26-24(33)20-4-5-22(29-28-20)30-10-7-18(8-11-30)31-9-6-16(14-31)21-12-15-2-3-17(25)13-19(15)23(32)27-21/h2-5,12-13,16,18H,6-11,14H2,1H3,(H,26,33)(H,27,32). The van der Waals surface area contributed by atoms with Crippen molar-refractivity contribution in [2.45, 2.75) is 31.2 Å². The molecule has 0 radical (unpaired) electrons. The summed E-state index contributed by atoms with van der Waals surface area (Å²) in [7, 11) is 1.57. The van der Waals surface area contributed by atoms with E-state index in [9.17, 15) is 14.0 Å². The summed E-state index contributed by atoms with van der Waals surface area (Å²) in [4.78, 5) is 31.8. The number of hydrogen-bond acceptors (Lipinski definition) is 6. The molecule has 2 aliphatic rings. The molecule has 1 amide bonds. The number of halogens is 1. The fourth-order valence-electron chi connectivity index (χ4n) is 5.05. The Balaban J connectivity index is 1.21. The lowest BCUT2D eigenvalue weighted by Crippen LogP contribution is -2.44. The van der Waals surface area contributed by atoms with Crippen molar-refractivity contribution in [1.82, 2.24) is 25.4 Å². The minimum Gasteiger partial charge on any atom is -0.355 e. The fraction of sp³-hybridized carbons (Fsp3) is 0.417. The molecule has 172 valence electrons. The Bertz CT molecular complexity index is 1220. The molecule has 2 aromatic heterocycles. The molecule has 1 atom stereocenters. The van der Waals surface area contributed by atoms with E-state index in [1.807, 2.05) is 12.1 Å². The zero-order chi connectivity index (χ0) is 22.9. The smallest absolute Gasteiger partial charge is 0.271 e. The quantitative estimate of drug-likeness (QED) is 0.633. The number of carbonyl (C=O) groups excluding carboxylic acids is 1. The van der Waals surface area contributed by atoms with Gasteiger partial charge in [-0.25, -0.2) is 4.39 Å². The third kappa shape index (κ3) is 4.32. The van der Waals surface area contributed by atoms with Crippen LogP contribution >= 0.6 is 0 Å². The van der Waals surface area contributed by atoms with Crippen LogP contribution in [0.15, 0.2) is 41.2 Å². The van der Waals surface area contributed by atoms with Crippen LogP contribution in [-0.4, -0.2) is 65.3 Å². The van der Waals surface area contributed by atoms with Gasteiger partial charge in [0.25, 0.3) is 11.5 Å². The van der Waals surface area contributed by atoms with Crippen molar-refractivity contribution in [3.05, 3.63) is 64.0 Å². The molecule has 2 saturated heterocycles. The summed E-state index contributed by atoms with van der Waals surface area (Å²) in [6.07, 6.45) is 3.05. The Labute approximate surface area is 190 Å². The van der Waals surface area contributed by atoms with Gasteiger partial charge >= 0.3 is 0 Å². The fourth-order valence-corrected chi connectivity index (χ4v) is 5.05. The molecule has 2 N–H and O–H groups in total. The maximum atomic E-state index is 13.5. The highest BCUT2D eigenvalue weighted by atomic mass is 19.1. The van der Waals surface area contributed by atoms with Crippen LogP contribution in [0.1, 0.15) is 41.4 Å². The van der Waals surface area contributed by atoms with Gasteiger partial charge in [0, 0.05) is 49.7 Å². The van der Waals surface area contributed by atoms with Crippen molar-refractivity contribution in [1.29, 1.82) is 0 Å². The van der Waals surface area contributed by atoms with Crippen LogP contribution in [-0.2, 0) is 0 Å². The maximum absolute atomic E-state index is 13.5. The van der Waals surface area contributed by atoms with Gasteiger partial charge in [-0.05, 0) is 61.5 Å². The monoisotopic (exact) mass is 450 g/mol. The third-order valence-corrected chi connectivity index (χ3v) is 6.90. The Morgan fingerprint density at radius 1 is 1.09 bits per heavy atom. The molecule has 33 heavy (non-hydrogen) atoms. The van der Waals surface area contributed by atoms with Crippen molar-refractivity contribution < 1.29 is 9.18 Å². The Hall–Kier alpha value is -3.33. The second kappa shape index (κ2) is 8.90. The number of benzene rings is 1. The van der Waals surface area contributed by atoms with Crippen LogP contribution in [0.3, 0.4) is 0 Å². The van der Waals surface area contributed by atoms with Crippen molar-refractivity contribution in [3.8, 4) is 0 Å². The number of pyridine rings is 1. The van der Waals surface area contributed by atoms with E-state index in [-0.39, 0.29) is 17.4 Å². The number of rotatable bonds is 4. The predicted octanol–water partition coefficient (Wildman–Crippen LogP) is 2.28. The number of likely N-dealkylation sites (tertiary alicyclic amines) is 1. The van der Waals surface area contributed by atoms with Crippen LogP contribution in [0.2, 0.25) is 0 Å². The SMILES string of the molecule is CNC(=O)c1ccc(N2CCC(N3CCC(c4cc5ccc(F)cc5c(=O)[nH]4)C3)CC2)nn1. The summed E-state index contributed by atoms with van der Waals surface area (Å²) in [5, 5.41) is 12.0. The molecule has 5 rings (SSSR count). The largest absolute Gasteiger partial charge is 0.355 e. The number of hydrogen-bond donors (Lipinski definition) is 2. The third-order valence-electron chi connectivity index (χ3n) is 6.90. The van der Waals surface area contributed by atoms with E-state index in [2.05, 4.69) is 30.3 Å². The van der Waals surface area contributed by atoms with Crippen LogP contribution in [0.4, 0.5) is 10.2 Å². The second-order valence-electron chi connectivity index (χ2n) is 8.84. The van der Waals surface area contributed by atoms with E-state index in [0.29, 0.717) is 17.1 Å². The van der Waals surface area contributed by atoms with Crippen molar-refractivity contribution >= 4 is 22.5 Å². The van der Waals surface area contributed by atoms with Crippen molar-refractivity contribution in [2.75, 3.05) is 38.1 Å². The predicted molar refractivity (Wildman–Crippen MR) is 124 cm³/mol. The number of aromatic nitrogens is 3. The first kappa shape index (κ1) is 21.5. The average Bonchev–Trinajstić information content (AvgIpc) is 3.34. The molecule has 4 heterocycles. The first-order valence-corrected chi connectivity index (χ1v) is 11.4. The van der Waals surface area contributed by atoms with Crippen LogP contribution < -0.4 is 15.8 Å². The van der Waals surface area contributed by atoms with E-state index < -0.39 is 5.82 Å². The van der Waals surface area contributed by atoms with E-state index in [0.717, 1.165) is 62.3 Å². The number of piperidine rings is 1. The number of carbonyl (C=O) groups is 1. The van der Waals surface area contributed by atoms with Crippen LogP contribution in [0.5, 0.6) is 0 Å². The summed E-state index contributed by atoms with van der Waals surface area (Å²) in [6, 6.07) is 10.4. The van der Waals surface area contributed by atoms with E-state index in [1.165, 1.54) is 12.1 Å². The number of H-pyrrole nitrogens is 1. The van der Waals surface area contributed by atoms with Gasteiger partial charge in [0.1, 0.15) is 5.82 Å². The molecule has 1 aromatic carbocycles. The van der Waals surface area contributed by atoms with Gasteiger partial charge in [-0.2, -0.15) is 0 Å². The van der Waals surface area contributed by atoms with Crippen molar-refractivity contribution in [2.24, 2.45) is 0 Å². The molecule has 2 fully saturated rings. The molecule has 9 heteroatoms. The van der Waals surface area contributed by atoms with E-state index in [1.54, 1.807) is 19.2 Å². The Morgan fingerprint density at radius 2 is 1.91 bits per heavy atom. The van der Waals surface area contributed by atoms with E-state index >= 15 is 0 Å². The molecule has 3 aromatic rings. The highest BCUT2D eigenvalue weighted by molar-refractivity contribution is 5.91. The number of nitrogens with one attached hydrogen (secondary N) is 2. The minimum atomic E-state index is -0.396. The summed E-state index contributed by atoms with van der Waals surface area (Å²) >= 11 is 0. The summed E-state index contributed by atoms with van der Waals surface area (Å²) in [5.41, 5.74) is 1.03. The summed E-state index contributed by atoms with van der Waals surface area (Å²) < 4.78 is 13.5. The Kier molecular flexibility index (Phi) is 5.80. The summed E-state index contributed by atoms with van der Waals surface area (Å²) in [6.45, 7) is 3.68. The average molecular weight is 451 g/mol. The van der Waals surface area contributed by atoms with Crippen LogP contribution in [0, 0.1) is 5.82 Å². The number of aromatic amines is 1. The van der Waals surface area contributed by atoms with Gasteiger partial charge < -0.3 is 15.2 Å². The molecule has 0 bridgehead atoms. The molecular formula is C24H27FN6O2. The Morgan fingerprint density at radius 3 is 2.64 bits per heavy atom. The zero-order valence-corrected chi connectivity index (χ0v) is 18.6. The first-order valence-electron chi connectivity index (χ1n) is 11.4. The van der Waals surface area contributed by atoms with Gasteiger partial charge in [-0.15, -0.1) is 10.2 Å². The molecule has 0 spiro atoms. The molecule has 1 unspecified atom stereocenters. The van der Waals surface area contributed by atoms with Gasteiger partial charge in [-0.1, -0.05) is 6.07 Å². The molecule has 0 saturated carbocycles. The number of fused-ring (bicyclic) bond motifs is 1. The van der Waals surface area contributed by atoms with Gasteiger partial charge in [-0.3, -0.25) is 14.5 Å². The zero-order valence-electron chi connectivity index (χ0n) is 18.6. The lowest BCUT2D eigenvalue weighted by molar-refractivity contribution is 0.0957. The lowest BCUT2D eigenvalue weighted by Gasteiger charge is -2.37. The summed E-state index contributed by atoms with van der Waals surface area (Å²) in [5.74, 6) is 0.433.